The predicted octanol–water partition coefficient (Wildman–Crippen LogP) is 4.55. The molecule has 0 fully saturated rings. The predicted molar refractivity (Wildman–Crippen MR) is 125 cm³/mol. The molecule has 3 atom stereocenters. The molecule has 1 aromatic rings. The monoisotopic (exact) mass is 444 g/mol. The smallest absolute Gasteiger partial charge is 0.408 e. The first-order chi connectivity index (χ1) is 15.0. The Kier molecular flexibility index (Phi) is 10.7. The Morgan fingerprint density at radius 3 is 2.28 bits per heavy atom. The molecule has 1 aromatic carbocycles. The zero-order valence-corrected chi connectivity index (χ0v) is 19.8. The average Bonchev–Trinajstić information content (AvgIpc) is 2.73. The van der Waals surface area contributed by atoms with Crippen molar-refractivity contribution in [2.75, 3.05) is 7.05 Å². The van der Waals surface area contributed by atoms with Crippen molar-refractivity contribution >= 4 is 18.0 Å². The Morgan fingerprint density at radius 1 is 1.12 bits per heavy atom. The minimum Gasteiger partial charge on any atom is -0.455 e. The highest BCUT2D eigenvalue weighted by Crippen LogP contribution is 2.26. The molecular weight excluding hydrogens is 408 g/mol. The summed E-state index contributed by atoms with van der Waals surface area (Å²) in [6.07, 6.45) is 2.79. The summed E-state index contributed by atoms with van der Waals surface area (Å²) in [5.41, 5.74) is 0.0790. The van der Waals surface area contributed by atoms with Crippen molar-refractivity contribution < 1.29 is 23.9 Å². The molecule has 0 unspecified atom stereocenters. The van der Waals surface area contributed by atoms with Crippen LogP contribution in [0.25, 0.3) is 0 Å². The Bertz CT molecular complexity index is 785. The second-order valence-electron chi connectivity index (χ2n) is 8.56. The molecule has 7 heteroatoms. The van der Waals surface area contributed by atoms with Gasteiger partial charge in [-0.3, -0.25) is 9.59 Å². The molecule has 0 aliphatic rings. The minimum atomic E-state index is -0.859. The van der Waals surface area contributed by atoms with E-state index in [1.807, 2.05) is 30.3 Å². The van der Waals surface area contributed by atoms with E-state index in [1.54, 1.807) is 46.9 Å². The average molecular weight is 445 g/mol. The molecule has 1 N–H and O–H groups in total. The quantitative estimate of drug-likeness (QED) is 0.400. The Labute approximate surface area is 191 Å². The van der Waals surface area contributed by atoms with Gasteiger partial charge in [0, 0.05) is 13.5 Å². The van der Waals surface area contributed by atoms with Gasteiger partial charge in [0.2, 0.25) is 5.91 Å². The molecule has 0 saturated carbocycles. The number of carbonyl (C=O) groups is 3. The van der Waals surface area contributed by atoms with E-state index >= 15 is 0 Å². The molecule has 0 aliphatic carbocycles. The van der Waals surface area contributed by atoms with Crippen LogP contribution in [0, 0.1) is 0 Å². The third kappa shape index (κ3) is 8.96. The zero-order chi connectivity index (χ0) is 24.3. The topological polar surface area (TPSA) is 84.9 Å². The number of hydrogen-bond donors (Lipinski definition) is 1. The fourth-order valence-electron chi connectivity index (χ4n) is 3.00. The fraction of sp³-hybridized carbons (Fsp3) is 0.480. The van der Waals surface area contributed by atoms with Crippen LogP contribution in [0.3, 0.4) is 0 Å². The van der Waals surface area contributed by atoms with E-state index in [1.165, 1.54) is 4.90 Å². The first-order valence-corrected chi connectivity index (χ1v) is 10.7. The maximum atomic E-state index is 13.2. The van der Waals surface area contributed by atoms with Gasteiger partial charge in [-0.1, -0.05) is 42.5 Å². The standard InChI is InChI=1S/C25H36N2O5/c1-8-10-17-21(28)31-22(19-15-12-11-13-16-19)18(3)27(7)23(29)20(14-9-2)26-24(30)32-25(4,5)6/h8-9,11-13,15-16,18,20,22H,1-2,10,14,17H2,3-7H3,(H,26,30)/t18-,20+,22+/m0/s1. The van der Waals surface area contributed by atoms with E-state index in [9.17, 15) is 14.4 Å². The summed E-state index contributed by atoms with van der Waals surface area (Å²) in [5.74, 6) is -0.715. The number of carbonyl (C=O) groups excluding carboxylic acids is 3. The lowest BCUT2D eigenvalue weighted by atomic mass is 10.0. The summed E-state index contributed by atoms with van der Waals surface area (Å²) in [7, 11) is 1.62. The number of nitrogens with zero attached hydrogens (tertiary/aromatic N) is 1. The summed E-state index contributed by atoms with van der Waals surface area (Å²) in [6, 6.07) is 7.90. The molecule has 1 rings (SSSR count). The van der Waals surface area contributed by atoms with Crippen molar-refractivity contribution in [3.05, 3.63) is 61.2 Å². The van der Waals surface area contributed by atoms with Gasteiger partial charge in [-0.05, 0) is 46.1 Å². The molecular formula is C25H36N2O5. The summed E-state index contributed by atoms with van der Waals surface area (Å²) in [5, 5.41) is 2.61. The van der Waals surface area contributed by atoms with Crippen LogP contribution in [0.5, 0.6) is 0 Å². The van der Waals surface area contributed by atoms with E-state index in [-0.39, 0.29) is 24.7 Å². The molecule has 2 amide bonds. The van der Waals surface area contributed by atoms with Gasteiger partial charge >= 0.3 is 12.1 Å². The lowest BCUT2D eigenvalue weighted by Crippen LogP contribution is -2.51. The zero-order valence-electron chi connectivity index (χ0n) is 19.8. The van der Waals surface area contributed by atoms with E-state index in [2.05, 4.69) is 18.5 Å². The molecule has 32 heavy (non-hydrogen) atoms. The minimum absolute atomic E-state index is 0.205. The SMILES string of the molecule is C=CCCC(=O)O[C@@H](c1ccccc1)[C@H](C)N(C)C(=O)[C@@H](CC=C)NC(=O)OC(C)(C)C. The van der Waals surface area contributed by atoms with Crippen LogP contribution in [0.1, 0.15) is 58.6 Å². The van der Waals surface area contributed by atoms with E-state index in [4.69, 9.17) is 9.47 Å². The second-order valence-corrected chi connectivity index (χ2v) is 8.56. The highest BCUT2D eigenvalue weighted by molar-refractivity contribution is 5.86. The highest BCUT2D eigenvalue weighted by Gasteiger charge is 2.33. The van der Waals surface area contributed by atoms with Gasteiger partial charge in [-0.15, -0.1) is 13.2 Å². The number of likely N-dealkylation sites (N-methyl/N-ethyl adjacent to an activating group) is 1. The van der Waals surface area contributed by atoms with Gasteiger partial charge < -0.3 is 19.7 Å². The first kappa shape index (κ1) is 26.9. The van der Waals surface area contributed by atoms with Gasteiger partial charge in [0.05, 0.1) is 6.04 Å². The largest absolute Gasteiger partial charge is 0.455 e. The molecule has 0 spiro atoms. The summed E-state index contributed by atoms with van der Waals surface area (Å²) < 4.78 is 11.0. The van der Waals surface area contributed by atoms with Crippen molar-refractivity contribution in [3.8, 4) is 0 Å². The van der Waals surface area contributed by atoms with Crippen molar-refractivity contribution in [2.24, 2.45) is 0 Å². The number of amides is 2. The molecule has 0 heterocycles. The van der Waals surface area contributed by atoms with Crippen LogP contribution in [0.2, 0.25) is 0 Å². The Morgan fingerprint density at radius 2 is 1.75 bits per heavy atom. The molecule has 0 aliphatic heterocycles. The number of allylic oxidation sites excluding steroid dienone is 1. The molecule has 0 bridgehead atoms. The third-order valence-corrected chi connectivity index (χ3v) is 4.73. The molecule has 7 nitrogen and oxygen atoms in total. The molecule has 0 saturated heterocycles. The van der Waals surface area contributed by atoms with Crippen LogP contribution < -0.4 is 5.32 Å². The lowest BCUT2D eigenvalue weighted by Gasteiger charge is -2.34. The summed E-state index contributed by atoms with van der Waals surface area (Å²) in [6.45, 7) is 14.3. The van der Waals surface area contributed by atoms with Crippen molar-refractivity contribution in [2.45, 2.75) is 70.7 Å². The van der Waals surface area contributed by atoms with Gasteiger partial charge in [-0.2, -0.15) is 0 Å². The number of nitrogens with one attached hydrogen (secondary N) is 1. The van der Waals surface area contributed by atoms with Crippen LogP contribution in [-0.2, 0) is 19.1 Å². The van der Waals surface area contributed by atoms with Crippen molar-refractivity contribution in [1.29, 1.82) is 0 Å². The van der Waals surface area contributed by atoms with Gasteiger partial charge in [0.1, 0.15) is 17.7 Å². The van der Waals surface area contributed by atoms with Crippen molar-refractivity contribution in [3.63, 3.8) is 0 Å². The number of hydrogen-bond acceptors (Lipinski definition) is 5. The Balaban J connectivity index is 3.05. The first-order valence-electron chi connectivity index (χ1n) is 10.7. The van der Waals surface area contributed by atoms with E-state index in [0.29, 0.717) is 6.42 Å². The highest BCUT2D eigenvalue weighted by atomic mass is 16.6. The van der Waals surface area contributed by atoms with E-state index in [0.717, 1.165) is 5.56 Å². The summed E-state index contributed by atoms with van der Waals surface area (Å²) in [4.78, 5) is 39.3. The number of benzene rings is 1. The van der Waals surface area contributed by atoms with Gasteiger partial charge in [0.15, 0.2) is 0 Å². The van der Waals surface area contributed by atoms with Gasteiger partial charge in [0.25, 0.3) is 0 Å². The molecule has 0 aromatic heterocycles. The number of alkyl carbamates (subject to hydrolysis) is 1. The fourth-order valence-corrected chi connectivity index (χ4v) is 3.00. The van der Waals surface area contributed by atoms with Crippen LogP contribution in [-0.4, -0.2) is 47.6 Å². The van der Waals surface area contributed by atoms with Crippen LogP contribution in [0.15, 0.2) is 55.6 Å². The van der Waals surface area contributed by atoms with Crippen LogP contribution in [0.4, 0.5) is 4.79 Å². The van der Waals surface area contributed by atoms with Crippen molar-refractivity contribution in [1.82, 2.24) is 10.2 Å². The normalized spacial score (nSPS) is 13.8. The molecule has 0 radical (unpaired) electrons. The maximum Gasteiger partial charge on any atom is 0.408 e. The second kappa shape index (κ2) is 12.7. The number of esters is 1. The Hall–Kier alpha value is -3.09. The molecule has 176 valence electrons. The third-order valence-electron chi connectivity index (χ3n) is 4.73. The van der Waals surface area contributed by atoms with Gasteiger partial charge in [-0.25, -0.2) is 4.79 Å². The van der Waals surface area contributed by atoms with Crippen LogP contribution >= 0.6 is 0 Å². The maximum absolute atomic E-state index is 13.2. The van der Waals surface area contributed by atoms with E-state index < -0.39 is 29.9 Å². The number of rotatable bonds is 11. The summed E-state index contributed by atoms with van der Waals surface area (Å²) >= 11 is 0. The lowest BCUT2D eigenvalue weighted by molar-refractivity contribution is -0.155. The number of ether oxygens (including phenoxy) is 2.